The fourth-order valence-corrected chi connectivity index (χ4v) is 3.83. The van der Waals surface area contributed by atoms with E-state index in [1.807, 2.05) is 0 Å². The van der Waals surface area contributed by atoms with Crippen LogP contribution in [0.4, 0.5) is 0 Å². The summed E-state index contributed by atoms with van der Waals surface area (Å²) in [6, 6.07) is 0. The Morgan fingerprint density at radius 2 is 1.27 bits per heavy atom. The molecule has 3 N–H and O–H groups in total. The number of hydrogen-bond donors (Lipinski definition) is 2. The molecule has 0 aliphatic rings. The molecule has 12 heteroatoms. The molecule has 0 fully saturated rings. The van der Waals surface area contributed by atoms with Gasteiger partial charge in [0.2, 0.25) is 0 Å². The van der Waals surface area contributed by atoms with E-state index in [1.54, 1.807) is 0 Å². The van der Waals surface area contributed by atoms with Crippen LogP contribution in [0.2, 0.25) is 0 Å². The summed E-state index contributed by atoms with van der Waals surface area (Å²) in [6.45, 7) is 0. The van der Waals surface area contributed by atoms with Gasteiger partial charge in [0.25, 0.3) is 0 Å². The van der Waals surface area contributed by atoms with Crippen LogP contribution in [0.25, 0.3) is 0 Å². The SMILES string of the molecule is NC(Br)(Br)C(Br)C(Br)(Br)Br.[O-][Cl+3]([O-])([O-])O. The lowest BCUT2D eigenvalue weighted by Crippen LogP contribution is -2.58. The maximum Gasteiger partial charge on any atom is 0.150 e. The molecule has 0 amide bonds. The molecule has 5 nitrogen and oxygen atoms in total. The highest BCUT2D eigenvalue weighted by Gasteiger charge is 2.40. The Balaban J connectivity index is 0. The van der Waals surface area contributed by atoms with Crippen molar-refractivity contribution in [2.45, 2.75) is 10.3 Å². The maximum atomic E-state index is 8.60. The molecule has 1 atom stereocenters. The highest BCUT2D eigenvalue weighted by Crippen LogP contribution is 2.48. The zero-order valence-corrected chi connectivity index (χ0v) is 16.7. The van der Waals surface area contributed by atoms with Gasteiger partial charge in [0, 0.05) is 0 Å². The number of alkyl halides is 6. The van der Waals surface area contributed by atoms with E-state index in [4.69, 9.17) is 24.4 Å². The first-order valence-electron chi connectivity index (χ1n) is 2.66. The van der Waals surface area contributed by atoms with Crippen molar-refractivity contribution in [2.24, 2.45) is 5.73 Å². The lowest BCUT2D eigenvalue weighted by atomic mass is 10.5. The fraction of sp³-hybridized carbons (Fsp3) is 1.00. The van der Waals surface area contributed by atoms with Crippen LogP contribution in [0.5, 0.6) is 0 Å². The molecule has 0 aromatic carbocycles. The van der Waals surface area contributed by atoms with Crippen LogP contribution in [-0.2, 0) is 0 Å². The highest BCUT2D eigenvalue weighted by molar-refractivity contribution is 9.40. The van der Waals surface area contributed by atoms with Gasteiger partial charge in [0.15, 0.2) is 2.14 Å². The van der Waals surface area contributed by atoms with E-state index in [0.717, 1.165) is 0 Å². The summed E-state index contributed by atoms with van der Waals surface area (Å²) >= 11 is 19.8. The van der Waals surface area contributed by atoms with Crippen LogP contribution in [0.1, 0.15) is 0 Å². The number of hydrogen-bond acceptors (Lipinski definition) is 5. The van der Waals surface area contributed by atoms with Crippen molar-refractivity contribution in [2.75, 3.05) is 0 Å². The molecule has 15 heavy (non-hydrogen) atoms. The average Bonchev–Trinajstić information content (AvgIpc) is 1.77. The summed E-state index contributed by atoms with van der Waals surface area (Å²) in [5, 5.41) is 0. The van der Waals surface area contributed by atoms with E-state index >= 15 is 0 Å². The van der Waals surface area contributed by atoms with Gasteiger partial charge in [-0.15, -0.1) is 0 Å². The predicted octanol–water partition coefficient (Wildman–Crippen LogP) is -0.133. The third kappa shape index (κ3) is 17.0. The van der Waals surface area contributed by atoms with Crippen molar-refractivity contribution in [1.29, 1.82) is 0 Å². The van der Waals surface area contributed by atoms with Crippen LogP contribution in [0, 0.1) is 10.2 Å². The first kappa shape index (κ1) is 20.3. The van der Waals surface area contributed by atoms with Crippen LogP contribution in [-0.4, -0.2) is 15.0 Å². The summed E-state index contributed by atoms with van der Waals surface area (Å²) < 4.78 is 31.6. The second-order valence-electron chi connectivity index (χ2n) is 1.97. The van der Waals surface area contributed by atoms with Gasteiger partial charge in [0.1, 0.15) is 3.36 Å². The van der Waals surface area contributed by atoms with Crippen LogP contribution in [0.15, 0.2) is 0 Å². The van der Waals surface area contributed by atoms with Crippen molar-refractivity contribution < 1.29 is 28.9 Å². The Kier molecular flexibility index (Phi) is 10.2. The average molecular weight is 633 g/mol. The summed E-state index contributed by atoms with van der Waals surface area (Å²) in [4.78, 5) is -0.0625. The summed E-state index contributed by atoms with van der Waals surface area (Å²) in [6.07, 6.45) is 0. The first-order valence-corrected chi connectivity index (χ1v) is 8.81. The molecular formula is C3H4Br6ClNO4. The zero-order valence-electron chi connectivity index (χ0n) is 6.47. The van der Waals surface area contributed by atoms with Crippen molar-refractivity contribution >= 4 is 95.6 Å². The Morgan fingerprint density at radius 3 is 1.27 bits per heavy atom. The van der Waals surface area contributed by atoms with Crippen molar-refractivity contribution in [3.63, 3.8) is 0 Å². The van der Waals surface area contributed by atoms with Crippen molar-refractivity contribution in [1.82, 2.24) is 0 Å². The smallest absolute Gasteiger partial charge is 0.150 e. The standard InChI is InChI=1S/C3H3Br6N.ClHO4/c4-1(2(5,6)7)3(8,9)10;2-1(3,4)5/h1H,10H2;(H,2,3,4,5). The van der Waals surface area contributed by atoms with Gasteiger partial charge in [-0.05, 0) is 0 Å². The van der Waals surface area contributed by atoms with E-state index in [0.29, 0.717) is 0 Å². The molecule has 0 aromatic heterocycles. The second kappa shape index (κ2) is 7.53. The maximum absolute atomic E-state index is 8.60. The van der Waals surface area contributed by atoms with E-state index in [9.17, 15) is 0 Å². The molecule has 0 bridgehead atoms. The topological polar surface area (TPSA) is 115 Å². The molecule has 0 heterocycles. The van der Waals surface area contributed by atoms with Gasteiger partial charge in [0.05, 0.1) is 19.7 Å². The zero-order chi connectivity index (χ0) is 13.1. The molecule has 0 aromatic rings. The Hall–Kier alpha value is 2.97. The molecule has 94 valence electrons. The lowest BCUT2D eigenvalue weighted by molar-refractivity contribution is -1.92. The minimum Gasteiger partial charge on any atom is -0.306 e. The third-order valence-corrected chi connectivity index (χ3v) is 7.40. The number of nitrogens with two attached hydrogens (primary N) is 1. The molecule has 0 aliphatic carbocycles. The monoisotopic (exact) mass is 626 g/mol. The quantitative estimate of drug-likeness (QED) is 0.309. The van der Waals surface area contributed by atoms with Gasteiger partial charge in [-0.25, -0.2) is 0 Å². The minimum atomic E-state index is -4.69. The predicted molar refractivity (Wildman–Crippen MR) is 69.2 cm³/mol. The van der Waals surface area contributed by atoms with Gasteiger partial charge in [-0.1, -0.05) is 95.6 Å². The Morgan fingerprint density at radius 1 is 1.07 bits per heavy atom. The van der Waals surface area contributed by atoms with Gasteiger partial charge < -0.3 is 5.73 Å². The van der Waals surface area contributed by atoms with Crippen LogP contribution >= 0.6 is 95.6 Å². The highest BCUT2D eigenvalue weighted by atomic mass is 80.0. The molecule has 0 saturated heterocycles. The summed E-state index contributed by atoms with van der Waals surface area (Å²) in [5.41, 5.74) is 5.66. The molecule has 0 radical (unpaired) electrons. The van der Waals surface area contributed by atoms with Crippen molar-refractivity contribution in [3.05, 3.63) is 0 Å². The van der Waals surface area contributed by atoms with Gasteiger partial charge in [-0.3, -0.25) is 0 Å². The second-order valence-corrected chi connectivity index (χ2v) is 14.3. The van der Waals surface area contributed by atoms with Crippen LogP contribution < -0.4 is 19.7 Å². The van der Waals surface area contributed by atoms with Crippen molar-refractivity contribution in [3.8, 4) is 0 Å². The van der Waals surface area contributed by atoms with Crippen LogP contribution in [0.3, 0.4) is 0 Å². The number of rotatable bonds is 1. The first-order chi connectivity index (χ1) is 6.15. The number of halogens is 7. The van der Waals surface area contributed by atoms with Gasteiger partial charge in [-0.2, -0.15) is 14.0 Å². The molecule has 0 spiro atoms. The van der Waals surface area contributed by atoms with E-state index < -0.39 is 15.7 Å². The Labute approximate surface area is 139 Å². The molecule has 0 rings (SSSR count). The summed E-state index contributed by atoms with van der Waals surface area (Å²) in [5.74, 6) is 0. The third-order valence-electron chi connectivity index (χ3n) is 0.625. The lowest BCUT2D eigenvalue weighted by Gasteiger charge is -2.28. The van der Waals surface area contributed by atoms with Gasteiger partial charge >= 0.3 is 0 Å². The van der Waals surface area contributed by atoms with E-state index in [1.165, 1.54) is 0 Å². The summed E-state index contributed by atoms with van der Waals surface area (Å²) in [7, 11) is -4.69. The molecule has 0 aliphatic heterocycles. The minimum absolute atomic E-state index is 0.0625. The fourth-order valence-electron chi connectivity index (χ4n) is 0.218. The molecule has 1 unspecified atom stereocenters. The largest absolute Gasteiger partial charge is 0.306 e. The molecule has 0 saturated carbocycles. The molecular weight excluding hydrogens is 629 g/mol. The van der Waals surface area contributed by atoms with E-state index in [2.05, 4.69) is 95.6 Å². The Bertz CT molecular complexity index is 166. The van der Waals surface area contributed by atoms with E-state index in [-0.39, 0.29) is 4.83 Å². The normalized spacial score (nSPS) is 15.4.